The van der Waals surface area contributed by atoms with Crippen molar-refractivity contribution in [2.45, 2.75) is 58.3 Å². The van der Waals surface area contributed by atoms with Gasteiger partial charge in [0.15, 0.2) is 0 Å². The second-order valence-electron chi connectivity index (χ2n) is 6.61. The quantitative estimate of drug-likeness (QED) is 0.781. The van der Waals surface area contributed by atoms with E-state index in [4.69, 9.17) is 5.73 Å². The normalized spacial score (nSPS) is 18.4. The molecule has 0 saturated heterocycles. The smallest absolute Gasteiger partial charge is 0.220 e. The van der Waals surface area contributed by atoms with Crippen molar-refractivity contribution in [3.05, 3.63) is 29.8 Å². The summed E-state index contributed by atoms with van der Waals surface area (Å²) in [5, 5.41) is 3.16. The number of hydrogen-bond acceptors (Lipinski definition) is 2. The highest BCUT2D eigenvalue weighted by atomic mass is 16.1. The van der Waals surface area contributed by atoms with Crippen LogP contribution in [0, 0.1) is 5.41 Å². The molecule has 1 unspecified atom stereocenters. The number of benzene rings is 1. The van der Waals surface area contributed by atoms with E-state index in [0.29, 0.717) is 11.8 Å². The number of nitrogens with two attached hydrogens (primary N) is 1. The monoisotopic (exact) mass is 288 g/mol. The first kappa shape index (κ1) is 15.9. The van der Waals surface area contributed by atoms with Crippen molar-refractivity contribution in [3.8, 4) is 0 Å². The number of carbonyl (C=O) groups excluding carboxylic acids is 1. The fraction of sp³-hybridized carbons (Fsp3) is 0.611. The lowest BCUT2D eigenvalue weighted by molar-refractivity contribution is -0.121. The highest BCUT2D eigenvalue weighted by Gasteiger charge is 2.32. The molecule has 1 atom stereocenters. The van der Waals surface area contributed by atoms with Gasteiger partial charge in [0.05, 0.1) is 0 Å². The first-order valence-corrected chi connectivity index (χ1v) is 8.17. The van der Waals surface area contributed by atoms with Gasteiger partial charge >= 0.3 is 0 Å². The molecule has 1 aromatic rings. The molecule has 1 saturated carbocycles. The van der Waals surface area contributed by atoms with Crippen molar-refractivity contribution in [1.29, 1.82) is 0 Å². The topological polar surface area (TPSA) is 55.1 Å². The average molecular weight is 288 g/mol. The van der Waals surface area contributed by atoms with Gasteiger partial charge in [0, 0.05) is 18.7 Å². The van der Waals surface area contributed by atoms with E-state index in [1.54, 1.807) is 0 Å². The number of rotatable bonds is 6. The van der Waals surface area contributed by atoms with Crippen LogP contribution in [-0.4, -0.2) is 12.5 Å². The Kier molecular flexibility index (Phi) is 5.27. The molecule has 116 valence electrons. The van der Waals surface area contributed by atoms with Gasteiger partial charge in [-0.25, -0.2) is 0 Å². The minimum Gasteiger partial charge on any atom is -0.399 e. The fourth-order valence-electron chi connectivity index (χ4n) is 3.36. The summed E-state index contributed by atoms with van der Waals surface area (Å²) in [5.41, 5.74) is 7.99. The number of hydrogen-bond donors (Lipinski definition) is 2. The van der Waals surface area contributed by atoms with Crippen LogP contribution in [0.25, 0.3) is 0 Å². The number of anilines is 1. The molecular weight excluding hydrogens is 260 g/mol. The van der Waals surface area contributed by atoms with Gasteiger partial charge in [-0.2, -0.15) is 0 Å². The maximum Gasteiger partial charge on any atom is 0.220 e. The maximum atomic E-state index is 12.2. The molecule has 0 heterocycles. The zero-order valence-electron chi connectivity index (χ0n) is 13.3. The largest absolute Gasteiger partial charge is 0.399 e. The van der Waals surface area contributed by atoms with Gasteiger partial charge in [0.2, 0.25) is 5.91 Å². The van der Waals surface area contributed by atoms with E-state index in [0.717, 1.165) is 12.2 Å². The van der Waals surface area contributed by atoms with Crippen molar-refractivity contribution < 1.29 is 4.79 Å². The number of nitrogens with one attached hydrogen (secondary N) is 1. The fourth-order valence-corrected chi connectivity index (χ4v) is 3.36. The maximum absolute atomic E-state index is 12.2. The highest BCUT2D eigenvalue weighted by molar-refractivity contribution is 5.76. The lowest BCUT2D eigenvalue weighted by atomic mass is 9.83. The molecule has 1 aliphatic carbocycles. The van der Waals surface area contributed by atoms with E-state index in [9.17, 15) is 4.79 Å². The molecule has 3 heteroatoms. The summed E-state index contributed by atoms with van der Waals surface area (Å²) in [5.74, 6) is 0.394. The van der Waals surface area contributed by atoms with Gasteiger partial charge in [-0.05, 0) is 48.3 Å². The third-order valence-electron chi connectivity index (χ3n) is 5.07. The van der Waals surface area contributed by atoms with Gasteiger partial charge in [0.1, 0.15) is 0 Å². The Morgan fingerprint density at radius 3 is 2.48 bits per heavy atom. The summed E-state index contributed by atoms with van der Waals surface area (Å²) in [7, 11) is 0. The summed E-state index contributed by atoms with van der Waals surface area (Å²) < 4.78 is 0. The molecule has 3 nitrogen and oxygen atoms in total. The summed E-state index contributed by atoms with van der Waals surface area (Å²) in [6.07, 6.45) is 6.86. The summed E-state index contributed by atoms with van der Waals surface area (Å²) in [6.45, 7) is 5.18. The summed E-state index contributed by atoms with van der Waals surface area (Å²) >= 11 is 0. The molecule has 2 rings (SSSR count). The zero-order valence-corrected chi connectivity index (χ0v) is 13.3. The molecule has 1 aromatic carbocycles. The van der Waals surface area contributed by atoms with Gasteiger partial charge in [-0.1, -0.05) is 38.8 Å². The van der Waals surface area contributed by atoms with E-state index in [1.165, 1.54) is 37.7 Å². The molecular formula is C18H28N2O. The van der Waals surface area contributed by atoms with Gasteiger partial charge in [-0.3, -0.25) is 4.79 Å². The molecule has 1 fully saturated rings. The predicted molar refractivity (Wildman–Crippen MR) is 88.1 cm³/mol. The molecule has 0 radical (unpaired) electrons. The average Bonchev–Trinajstić information content (AvgIpc) is 2.95. The van der Waals surface area contributed by atoms with Gasteiger partial charge < -0.3 is 11.1 Å². The van der Waals surface area contributed by atoms with Gasteiger partial charge in [0.25, 0.3) is 0 Å². The summed E-state index contributed by atoms with van der Waals surface area (Å²) in [4.78, 5) is 12.2. The Morgan fingerprint density at radius 1 is 1.29 bits per heavy atom. The Morgan fingerprint density at radius 2 is 1.90 bits per heavy atom. The molecule has 1 aliphatic rings. The first-order chi connectivity index (χ1) is 10.0. The van der Waals surface area contributed by atoms with Crippen LogP contribution in [0.3, 0.4) is 0 Å². The molecule has 21 heavy (non-hydrogen) atoms. The van der Waals surface area contributed by atoms with Crippen molar-refractivity contribution in [1.82, 2.24) is 5.32 Å². The van der Waals surface area contributed by atoms with Crippen LogP contribution in [0.1, 0.15) is 63.9 Å². The van der Waals surface area contributed by atoms with E-state index in [1.807, 2.05) is 24.3 Å². The van der Waals surface area contributed by atoms with Crippen molar-refractivity contribution in [2.24, 2.45) is 5.41 Å². The van der Waals surface area contributed by atoms with Crippen molar-refractivity contribution in [3.63, 3.8) is 0 Å². The van der Waals surface area contributed by atoms with E-state index >= 15 is 0 Å². The lowest BCUT2D eigenvalue weighted by Gasteiger charge is -2.28. The Balaban J connectivity index is 1.82. The molecule has 0 aromatic heterocycles. The number of amides is 1. The molecule has 0 spiro atoms. The predicted octanol–water partition coefficient (Wildman–Crippen LogP) is 3.85. The molecule has 1 amide bonds. The summed E-state index contributed by atoms with van der Waals surface area (Å²) in [6, 6.07) is 7.82. The van der Waals surface area contributed by atoms with Gasteiger partial charge in [-0.15, -0.1) is 0 Å². The van der Waals surface area contributed by atoms with Crippen molar-refractivity contribution >= 4 is 11.6 Å². The second kappa shape index (κ2) is 6.97. The Hall–Kier alpha value is -1.51. The van der Waals surface area contributed by atoms with Crippen LogP contribution in [0.15, 0.2) is 24.3 Å². The van der Waals surface area contributed by atoms with Crippen LogP contribution in [0.4, 0.5) is 5.69 Å². The number of nitrogen functional groups attached to an aromatic ring is 1. The zero-order chi connectivity index (χ0) is 15.3. The minimum absolute atomic E-state index is 0.166. The lowest BCUT2D eigenvalue weighted by Crippen LogP contribution is -2.36. The SMILES string of the molecule is CCC1(CNC(=O)CC(C)c2ccc(N)cc2)CCCC1. The van der Waals surface area contributed by atoms with Crippen LogP contribution < -0.4 is 11.1 Å². The van der Waals surface area contributed by atoms with E-state index in [2.05, 4.69) is 19.2 Å². The van der Waals surface area contributed by atoms with E-state index in [-0.39, 0.29) is 11.8 Å². The van der Waals surface area contributed by atoms with Crippen LogP contribution in [-0.2, 0) is 4.79 Å². The Bertz CT molecular complexity index is 461. The Labute approximate surface area is 128 Å². The molecule has 0 aliphatic heterocycles. The van der Waals surface area contributed by atoms with Crippen LogP contribution in [0.5, 0.6) is 0 Å². The third-order valence-corrected chi connectivity index (χ3v) is 5.07. The number of carbonyl (C=O) groups is 1. The minimum atomic E-state index is 0.166. The van der Waals surface area contributed by atoms with E-state index < -0.39 is 0 Å². The second-order valence-corrected chi connectivity index (χ2v) is 6.61. The van der Waals surface area contributed by atoms with Crippen LogP contribution in [0.2, 0.25) is 0 Å². The standard InChI is InChI=1S/C18H28N2O/c1-3-18(10-4-5-11-18)13-20-17(21)12-14(2)15-6-8-16(19)9-7-15/h6-9,14H,3-5,10-13,19H2,1-2H3,(H,20,21). The molecule has 3 N–H and O–H groups in total. The highest BCUT2D eigenvalue weighted by Crippen LogP contribution is 2.40. The third kappa shape index (κ3) is 4.23. The van der Waals surface area contributed by atoms with Crippen molar-refractivity contribution in [2.75, 3.05) is 12.3 Å². The molecule has 0 bridgehead atoms. The first-order valence-electron chi connectivity index (χ1n) is 8.17. The van der Waals surface area contributed by atoms with Crippen LogP contribution >= 0.6 is 0 Å².